The van der Waals surface area contributed by atoms with E-state index >= 15 is 0 Å². The van der Waals surface area contributed by atoms with Crippen molar-refractivity contribution in [2.75, 3.05) is 5.32 Å². The number of carboxylic acid groups (broad SMARTS) is 1. The molecule has 0 heterocycles. The molecule has 5 heteroatoms. The van der Waals surface area contributed by atoms with Gasteiger partial charge in [-0.3, -0.25) is 4.79 Å². The number of carbonyl (C=O) groups is 2. The van der Waals surface area contributed by atoms with E-state index in [0.29, 0.717) is 21.8 Å². The third-order valence-electron chi connectivity index (χ3n) is 2.68. The van der Waals surface area contributed by atoms with Gasteiger partial charge in [0.1, 0.15) is 0 Å². The molecule has 0 unspecified atom stereocenters. The number of nitrogens with one attached hydrogen (secondary N) is 1. The predicted octanol–water partition coefficient (Wildman–Crippen LogP) is 1.88. The standard InChI is InChI=1S/C15H12ClNO3/c16-11-5-3-6-12(9-11)17-15(20)13-7-2-1-4-10(13)8-14(18)19/h1-7,9H,8H2,(H,17,20)(H,18,19)/p-1. The molecule has 0 aliphatic carbocycles. The van der Waals surface area contributed by atoms with Crippen molar-refractivity contribution in [3.8, 4) is 0 Å². The van der Waals surface area contributed by atoms with Gasteiger partial charge in [-0.05, 0) is 29.8 Å². The van der Waals surface area contributed by atoms with Crippen LogP contribution in [0.3, 0.4) is 0 Å². The third kappa shape index (κ3) is 3.59. The zero-order valence-electron chi connectivity index (χ0n) is 10.4. The molecule has 1 amide bonds. The lowest BCUT2D eigenvalue weighted by Gasteiger charge is -2.10. The van der Waals surface area contributed by atoms with Crippen molar-refractivity contribution in [3.63, 3.8) is 0 Å². The van der Waals surface area contributed by atoms with E-state index < -0.39 is 5.97 Å². The molecule has 0 aromatic heterocycles. The Hall–Kier alpha value is -2.33. The average Bonchev–Trinajstić information content (AvgIpc) is 2.38. The minimum atomic E-state index is -1.23. The second-order valence-electron chi connectivity index (χ2n) is 4.17. The van der Waals surface area contributed by atoms with Crippen LogP contribution in [0, 0.1) is 0 Å². The topological polar surface area (TPSA) is 69.2 Å². The van der Waals surface area contributed by atoms with E-state index in [9.17, 15) is 14.7 Å². The SMILES string of the molecule is O=C([O-])Cc1ccccc1C(=O)Nc1cccc(Cl)c1. The van der Waals surface area contributed by atoms with Crippen molar-refractivity contribution >= 4 is 29.2 Å². The number of hydrogen-bond acceptors (Lipinski definition) is 3. The summed E-state index contributed by atoms with van der Waals surface area (Å²) >= 11 is 5.84. The minimum Gasteiger partial charge on any atom is -0.550 e. The number of rotatable bonds is 4. The van der Waals surface area contributed by atoms with E-state index in [1.54, 1.807) is 48.5 Å². The maximum atomic E-state index is 12.2. The number of anilines is 1. The second kappa shape index (κ2) is 6.21. The molecule has 0 atom stereocenters. The van der Waals surface area contributed by atoms with Crippen LogP contribution in [-0.4, -0.2) is 11.9 Å². The van der Waals surface area contributed by atoms with Gasteiger partial charge in [-0.25, -0.2) is 0 Å². The van der Waals surface area contributed by atoms with Crippen molar-refractivity contribution in [1.82, 2.24) is 0 Å². The first-order chi connectivity index (χ1) is 9.56. The summed E-state index contributed by atoms with van der Waals surface area (Å²) in [5.41, 5.74) is 1.26. The molecule has 0 spiro atoms. The Bertz CT molecular complexity index is 655. The molecule has 0 radical (unpaired) electrons. The molecular weight excluding hydrogens is 278 g/mol. The highest BCUT2D eigenvalue weighted by atomic mass is 35.5. The Morgan fingerprint density at radius 3 is 2.55 bits per heavy atom. The summed E-state index contributed by atoms with van der Waals surface area (Å²) in [7, 11) is 0. The number of carboxylic acids is 1. The van der Waals surface area contributed by atoms with E-state index in [-0.39, 0.29) is 12.3 Å². The number of amides is 1. The van der Waals surface area contributed by atoms with Gasteiger partial charge in [0.05, 0.1) is 0 Å². The van der Waals surface area contributed by atoms with E-state index in [2.05, 4.69) is 5.32 Å². The fourth-order valence-corrected chi connectivity index (χ4v) is 2.01. The Morgan fingerprint density at radius 2 is 1.85 bits per heavy atom. The van der Waals surface area contributed by atoms with E-state index in [1.807, 2.05) is 0 Å². The first-order valence-electron chi connectivity index (χ1n) is 5.91. The molecule has 0 fully saturated rings. The van der Waals surface area contributed by atoms with Crippen molar-refractivity contribution in [1.29, 1.82) is 0 Å². The van der Waals surface area contributed by atoms with Gasteiger partial charge in [0, 0.05) is 28.7 Å². The van der Waals surface area contributed by atoms with Gasteiger partial charge in [0.25, 0.3) is 5.91 Å². The molecule has 4 nitrogen and oxygen atoms in total. The van der Waals surface area contributed by atoms with Gasteiger partial charge in [0.2, 0.25) is 0 Å². The molecule has 2 aromatic carbocycles. The zero-order chi connectivity index (χ0) is 14.5. The van der Waals surface area contributed by atoms with Crippen LogP contribution in [0.1, 0.15) is 15.9 Å². The average molecular weight is 289 g/mol. The molecule has 0 saturated heterocycles. The molecule has 0 bridgehead atoms. The van der Waals surface area contributed by atoms with Crippen LogP contribution in [0.4, 0.5) is 5.69 Å². The van der Waals surface area contributed by atoms with Gasteiger partial charge in [-0.2, -0.15) is 0 Å². The lowest BCUT2D eigenvalue weighted by atomic mass is 10.0. The highest BCUT2D eigenvalue weighted by Crippen LogP contribution is 2.17. The largest absolute Gasteiger partial charge is 0.550 e. The molecule has 20 heavy (non-hydrogen) atoms. The monoisotopic (exact) mass is 288 g/mol. The molecule has 2 rings (SSSR count). The lowest BCUT2D eigenvalue weighted by Crippen LogP contribution is -2.26. The molecule has 2 aromatic rings. The van der Waals surface area contributed by atoms with E-state index in [1.165, 1.54) is 0 Å². The summed E-state index contributed by atoms with van der Waals surface area (Å²) in [6.07, 6.45) is -0.306. The summed E-state index contributed by atoms with van der Waals surface area (Å²) in [5.74, 6) is -1.61. The summed E-state index contributed by atoms with van der Waals surface area (Å²) in [5, 5.41) is 13.9. The number of halogens is 1. The van der Waals surface area contributed by atoms with Crippen LogP contribution in [0.25, 0.3) is 0 Å². The quantitative estimate of drug-likeness (QED) is 0.934. The van der Waals surface area contributed by atoms with Gasteiger partial charge < -0.3 is 15.2 Å². The van der Waals surface area contributed by atoms with Crippen LogP contribution >= 0.6 is 11.6 Å². The smallest absolute Gasteiger partial charge is 0.255 e. The fraction of sp³-hybridized carbons (Fsp3) is 0.0667. The van der Waals surface area contributed by atoms with E-state index in [0.717, 1.165) is 0 Å². The molecular formula is C15H11ClNO3-. The normalized spacial score (nSPS) is 10.1. The minimum absolute atomic E-state index is 0.302. The second-order valence-corrected chi connectivity index (χ2v) is 4.61. The summed E-state index contributed by atoms with van der Waals surface area (Å²) in [6.45, 7) is 0. The fourth-order valence-electron chi connectivity index (χ4n) is 1.82. The molecule has 1 N–H and O–H groups in total. The maximum absolute atomic E-state index is 12.2. The van der Waals surface area contributed by atoms with Crippen molar-refractivity contribution in [2.24, 2.45) is 0 Å². The summed E-state index contributed by atoms with van der Waals surface area (Å²) in [6, 6.07) is 13.2. The van der Waals surface area contributed by atoms with Gasteiger partial charge in [0.15, 0.2) is 0 Å². The maximum Gasteiger partial charge on any atom is 0.255 e. The first-order valence-corrected chi connectivity index (χ1v) is 6.29. The van der Waals surface area contributed by atoms with Gasteiger partial charge in [-0.1, -0.05) is 35.9 Å². The highest BCUT2D eigenvalue weighted by molar-refractivity contribution is 6.31. The number of aliphatic carboxylic acids is 1. The Balaban J connectivity index is 2.23. The lowest BCUT2D eigenvalue weighted by molar-refractivity contribution is -0.304. The number of hydrogen-bond donors (Lipinski definition) is 1. The molecule has 0 aliphatic heterocycles. The Kier molecular flexibility index (Phi) is 4.38. The first kappa shape index (κ1) is 14.1. The van der Waals surface area contributed by atoms with Crippen molar-refractivity contribution in [2.45, 2.75) is 6.42 Å². The van der Waals surface area contributed by atoms with Crippen molar-refractivity contribution in [3.05, 3.63) is 64.7 Å². The molecule has 0 aliphatic rings. The van der Waals surface area contributed by atoms with Gasteiger partial charge in [-0.15, -0.1) is 0 Å². The highest BCUT2D eigenvalue weighted by Gasteiger charge is 2.11. The number of carbonyl (C=O) groups excluding carboxylic acids is 2. The predicted molar refractivity (Wildman–Crippen MR) is 74.6 cm³/mol. The van der Waals surface area contributed by atoms with Crippen LogP contribution < -0.4 is 10.4 Å². The number of benzene rings is 2. The van der Waals surface area contributed by atoms with Gasteiger partial charge >= 0.3 is 0 Å². The summed E-state index contributed by atoms with van der Waals surface area (Å²) in [4.78, 5) is 22.8. The van der Waals surface area contributed by atoms with E-state index in [4.69, 9.17) is 11.6 Å². The van der Waals surface area contributed by atoms with Crippen LogP contribution in [0.15, 0.2) is 48.5 Å². The third-order valence-corrected chi connectivity index (χ3v) is 2.91. The molecule has 0 saturated carbocycles. The zero-order valence-corrected chi connectivity index (χ0v) is 11.2. The van der Waals surface area contributed by atoms with Crippen LogP contribution in [0.2, 0.25) is 5.02 Å². The van der Waals surface area contributed by atoms with Crippen molar-refractivity contribution < 1.29 is 14.7 Å². The summed E-state index contributed by atoms with van der Waals surface area (Å²) < 4.78 is 0. The Morgan fingerprint density at radius 1 is 1.10 bits per heavy atom. The van der Waals surface area contributed by atoms with Crippen LogP contribution in [0.5, 0.6) is 0 Å². The Labute approximate surface area is 121 Å². The van der Waals surface area contributed by atoms with Crippen LogP contribution in [-0.2, 0) is 11.2 Å². The molecule has 102 valence electrons.